The maximum absolute atomic E-state index is 14.5. The Morgan fingerprint density at radius 3 is 2.58 bits per heavy atom. The first-order valence-electron chi connectivity index (χ1n) is 10.7. The molecule has 2 aromatic carbocycles. The molecule has 1 aliphatic carbocycles. The van der Waals surface area contributed by atoms with Crippen molar-refractivity contribution < 1.29 is 22.7 Å². The van der Waals surface area contributed by atoms with Crippen molar-refractivity contribution in [3.05, 3.63) is 54.3 Å². The minimum atomic E-state index is -3.00. The van der Waals surface area contributed by atoms with Crippen molar-refractivity contribution in [1.82, 2.24) is 14.8 Å². The Morgan fingerprint density at radius 1 is 1.09 bits per heavy atom. The van der Waals surface area contributed by atoms with E-state index in [0.717, 1.165) is 32.1 Å². The molecule has 0 unspecified atom stereocenters. The van der Waals surface area contributed by atoms with Crippen LogP contribution in [0.1, 0.15) is 38.1 Å². The third kappa shape index (κ3) is 5.68. The molecule has 0 aliphatic heterocycles. The van der Waals surface area contributed by atoms with Gasteiger partial charge in [-0.25, -0.2) is 4.39 Å². The lowest BCUT2D eigenvalue weighted by Gasteiger charge is -2.25. The summed E-state index contributed by atoms with van der Waals surface area (Å²) in [6, 6.07) is 12.5. The molecular formula is C23H23F3N4O2S. The number of nitrogens with one attached hydrogen (secondary N) is 1. The number of amides is 1. The lowest BCUT2D eigenvalue weighted by Crippen LogP contribution is -2.18. The fourth-order valence-electron chi connectivity index (χ4n) is 3.96. The number of anilines is 1. The van der Waals surface area contributed by atoms with Crippen LogP contribution in [-0.4, -0.2) is 33.0 Å². The Bertz CT molecular complexity index is 1100. The molecule has 0 radical (unpaired) electrons. The summed E-state index contributed by atoms with van der Waals surface area (Å²) >= 11 is 1.18. The predicted molar refractivity (Wildman–Crippen MR) is 120 cm³/mol. The second-order valence-corrected chi connectivity index (χ2v) is 8.60. The molecule has 3 aromatic rings. The van der Waals surface area contributed by atoms with Crippen LogP contribution >= 0.6 is 11.8 Å². The highest BCUT2D eigenvalue weighted by Gasteiger charge is 2.25. The number of hydrogen-bond acceptors (Lipinski definition) is 5. The number of benzene rings is 2. The van der Waals surface area contributed by atoms with Crippen molar-refractivity contribution in [2.24, 2.45) is 0 Å². The van der Waals surface area contributed by atoms with Crippen LogP contribution < -0.4 is 10.1 Å². The van der Waals surface area contributed by atoms with Crippen molar-refractivity contribution >= 4 is 23.4 Å². The third-order valence-electron chi connectivity index (χ3n) is 5.43. The molecule has 0 atom stereocenters. The fraction of sp³-hybridized carbons (Fsp3) is 0.348. The molecule has 1 aromatic heterocycles. The summed E-state index contributed by atoms with van der Waals surface area (Å²) in [4.78, 5) is 12.5. The SMILES string of the molecule is O=C(CSc1nnc(-c2ccccc2F)n1C1CCCCC1)Nc1ccccc1OC(F)F. The Kier molecular flexibility index (Phi) is 7.54. The summed E-state index contributed by atoms with van der Waals surface area (Å²) in [5.41, 5.74) is 0.522. The van der Waals surface area contributed by atoms with E-state index in [1.165, 1.54) is 30.0 Å². The Labute approximate surface area is 193 Å². The van der Waals surface area contributed by atoms with E-state index in [0.29, 0.717) is 16.5 Å². The van der Waals surface area contributed by atoms with Gasteiger partial charge in [0.1, 0.15) is 11.6 Å². The van der Waals surface area contributed by atoms with Crippen LogP contribution in [0, 0.1) is 5.82 Å². The van der Waals surface area contributed by atoms with Crippen LogP contribution in [0.15, 0.2) is 53.7 Å². The molecule has 1 aliphatic rings. The largest absolute Gasteiger partial charge is 0.433 e. The van der Waals surface area contributed by atoms with E-state index < -0.39 is 12.5 Å². The van der Waals surface area contributed by atoms with Gasteiger partial charge in [0, 0.05) is 6.04 Å². The highest BCUT2D eigenvalue weighted by atomic mass is 32.2. The van der Waals surface area contributed by atoms with Gasteiger partial charge in [-0.1, -0.05) is 55.3 Å². The summed E-state index contributed by atoms with van der Waals surface area (Å²) in [6.45, 7) is -3.00. The lowest BCUT2D eigenvalue weighted by atomic mass is 9.95. The zero-order valence-electron chi connectivity index (χ0n) is 17.7. The molecular weight excluding hydrogens is 453 g/mol. The van der Waals surface area contributed by atoms with Gasteiger partial charge < -0.3 is 10.1 Å². The van der Waals surface area contributed by atoms with Crippen LogP contribution in [0.2, 0.25) is 0 Å². The molecule has 0 bridgehead atoms. The van der Waals surface area contributed by atoms with Gasteiger partial charge in [-0.3, -0.25) is 9.36 Å². The Balaban J connectivity index is 1.53. The van der Waals surface area contributed by atoms with Gasteiger partial charge in [-0.2, -0.15) is 8.78 Å². The number of halogens is 3. The van der Waals surface area contributed by atoms with Crippen LogP contribution in [0.4, 0.5) is 18.9 Å². The number of alkyl halides is 2. The van der Waals surface area contributed by atoms with Gasteiger partial charge in [-0.15, -0.1) is 10.2 Å². The number of ether oxygens (including phenoxy) is 1. The summed E-state index contributed by atoms with van der Waals surface area (Å²) in [5, 5.41) is 11.6. The van der Waals surface area contributed by atoms with E-state index in [4.69, 9.17) is 0 Å². The molecule has 1 saturated carbocycles. The standard InChI is InChI=1S/C23H23F3N4O2S/c24-17-11-5-4-10-16(17)21-28-29-23(30(21)15-8-2-1-3-9-15)33-14-20(31)27-18-12-6-7-13-19(18)32-22(25)26/h4-7,10-13,15,22H,1-3,8-9,14H2,(H,27,31). The van der Waals surface area contributed by atoms with E-state index in [1.54, 1.807) is 30.3 Å². The second-order valence-electron chi connectivity index (χ2n) is 7.66. The van der Waals surface area contributed by atoms with Crippen molar-refractivity contribution in [1.29, 1.82) is 0 Å². The van der Waals surface area contributed by atoms with Gasteiger partial charge in [-0.05, 0) is 37.1 Å². The Morgan fingerprint density at radius 2 is 1.82 bits per heavy atom. The van der Waals surface area contributed by atoms with Crippen molar-refractivity contribution in [3.8, 4) is 17.1 Å². The third-order valence-corrected chi connectivity index (χ3v) is 6.37. The average Bonchev–Trinajstić information content (AvgIpc) is 3.23. The van der Waals surface area contributed by atoms with Crippen LogP contribution in [0.3, 0.4) is 0 Å². The Hall–Kier alpha value is -3.01. The smallest absolute Gasteiger partial charge is 0.387 e. The van der Waals surface area contributed by atoms with Gasteiger partial charge in [0.25, 0.3) is 0 Å². The fourth-order valence-corrected chi connectivity index (χ4v) is 4.76. The quantitative estimate of drug-likeness (QED) is 0.409. The number of rotatable bonds is 8. The van der Waals surface area contributed by atoms with Gasteiger partial charge in [0.2, 0.25) is 5.91 Å². The van der Waals surface area contributed by atoms with E-state index in [9.17, 15) is 18.0 Å². The molecule has 6 nitrogen and oxygen atoms in total. The predicted octanol–water partition coefficient (Wildman–Crippen LogP) is 5.92. The monoisotopic (exact) mass is 476 g/mol. The first kappa shape index (κ1) is 23.2. The average molecular weight is 477 g/mol. The molecule has 0 spiro atoms. The molecule has 4 rings (SSSR count). The van der Waals surface area contributed by atoms with Gasteiger partial charge >= 0.3 is 6.61 Å². The second kappa shape index (κ2) is 10.7. The number of hydrogen-bond donors (Lipinski definition) is 1. The zero-order valence-corrected chi connectivity index (χ0v) is 18.5. The first-order chi connectivity index (χ1) is 16.0. The van der Waals surface area contributed by atoms with Gasteiger partial charge in [0.15, 0.2) is 11.0 Å². The number of carbonyl (C=O) groups is 1. The van der Waals surface area contributed by atoms with Crippen molar-refractivity contribution in [3.63, 3.8) is 0 Å². The van der Waals surface area contributed by atoms with E-state index in [2.05, 4.69) is 20.3 Å². The van der Waals surface area contributed by atoms with E-state index >= 15 is 0 Å². The molecule has 174 valence electrons. The van der Waals surface area contributed by atoms with E-state index in [-0.39, 0.29) is 29.0 Å². The maximum atomic E-state index is 14.5. The number of nitrogens with zero attached hydrogens (tertiary/aromatic N) is 3. The molecule has 1 heterocycles. The molecule has 1 N–H and O–H groups in total. The van der Waals surface area contributed by atoms with Crippen molar-refractivity contribution in [2.75, 3.05) is 11.1 Å². The van der Waals surface area contributed by atoms with Crippen LogP contribution in [0.5, 0.6) is 5.75 Å². The number of carbonyl (C=O) groups excluding carboxylic acids is 1. The maximum Gasteiger partial charge on any atom is 0.387 e. The number of thioether (sulfide) groups is 1. The number of aromatic nitrogens is 3. The van der Waals surface area contributed by atoms with Crippen LogP contribution in [-0.2, 0) is 4.79 Å². The first-order valence-corrected chi connectivity index (χ1v) is 11.7. The molecule has 33 heavy (non-hydrogen) atoms. The molecule has 1 fully saturated rings. The van der Waals surface area contributed by atoms with Gasteiger partial charge in [0.05, 0.1) is 17.0 Å². The van der Waals surface area contributed by atoms with Crippen LogP contribution in [0.25, 0.3) is 11.4 Å². The summed E-state index contributed by atoms with van der Waals surface area (Å²) in [5.74, 6) is -0.481. The minimum absolute atomic E-state index is 0.0227. The lowest BCUT2D eigenvalue weighted by molar-refractivity contribution is -0.113. The molecule has 10 heteroatoms. The summed E-state index contributed by atoms with van der Waals surface area (Å²) in [6.07, 6.45) is 5.13. The molecule has 1 amide bonds. The topological polar surface area (TPSA) is 69.0 Å². The van der Waals surface area contributed by atoms with E-state index in [1.807, 2.05) is 4.57 Å². The normalized spacial score (nSPS) is 14.4. The zero-order chi connectivity index (χ0) is 23.2. The summed E-state index contributed by atoms with van der Waals surface area (Å²) in [7, 11) is 0. The van der Waals surface area contributed by atoms with Crippen molar-refractivity contribution in [2.45, 2.75) is 49.9 Å². The number of para-hydroxylation sites is 2. The minimum Gasteiger partial charge on any atom is -0.433 e. The highest BCUT2D eigenvalue weighted by Crippen LogP contribution is 2.36. The molecule has 0 saturated heterocycles. The summed E-state index contributed by atoms with van der Waals surface area (Å²) < 4.78 is 46.1. The highest BCUT2D eigenvalue weighted by molar-refractivity contribution is 7.99.